The standard InChI is InChI=1S/C15H18ClNS/c1-3-9-17-11(2)12-4-6-13(7-5-12)15-14(16)8-10-18-15/h4-8,10-11,17H,3,9H2,1-2H3. The summed E-state index contributed by atoms with van der Waals surface area (Å²) < 4.78 is 0. The Balaban J connectivity index is 2.13. The van der Waals surface area contributed by atoms with Gasteiger partial charge in [0.25, 0.3) is 0 Å². The molecular formula is C15H18ClNS. The molecule has 1 unspecified atom stereocenters. The van der Waals surface area contributed by atoms with Crippen LogP contribution in [0.4, 0.5) is 0 Å². The number of halogens is 1. The fourth-order valence-corrected chi connectivity index (χ4v) is 3.08. The SMILES string of the molecule is CCCNC(C)c1ccc(-c2sccc2Cl)cc1. The largest absolute Gasteiger partial charge is 0.310 e. The third-order valence-electron chi connectivity index (χ3n) is 2.99. The van der Waals surface area contributed by atoms with Gasteiger partial charge in [-0.3, -0.25) is 0 Å². The topological polar surface area (TPSA) is 12.0 Å². The fourth-order valence-electron chi connectivity index (χ4n) is 1.90. The van der Waals surface area contributed by atoms with Crippen molar-refractivity contribution in [2.45, 2.75) is 26.3 Å². The van der Waals surface area contributed by atoms with Crippen LogP contribution in [0.25, 0.3) is 10.4 Å². The van der Waals surface area contributed by atoms with E-state index in [0.29, 0.717) is 6.04 Å². The van der Waals surface area contributed by atoms with Crippen molar-refractivity contribution in [3.8, 4) is 10.4 Å². The first-order chi connectivity index (χ1) is 8.72. The zero-order valence-electron chi connectivity index (χ0n) is 10.7. The van der Waals surface area contributed by atoms with Gasteiger partial charge in [-0.2, -0.15) is 0 Å². The van der Waals surface area contributed by atoms with Gasteiger partial charge in [-0.05, 0) is 42.5 Å². The van der Waals surface area contributed by atoms with Gasteiger partial charge in [0.15, 0.2) is 0 Å². The molecule has 0 amide bonds. The highest BCUT2D eigenvalue weighted by molar-refractivity contribution is 7.14. The molecule has 0 spiro atoms. The Morgan fingerprint density at radius 3 is 2.50 bits per heavy atom. The molecule has 0 aliphatic heterocycles. The van der Waals surface area contributed by atoms with Crippen molar-refractivity contribution >= 4 is 22.9 Å². The van der Waals surface area contributed by atoms with Crippen molar-refractivity contribution < 1.29 is 0 Å². The average molecular weight is 280 g/mol. The molecule has 2 rings (SSSR count). The number of rotatable bonds is 5. The van der Waals surface area contributed by atoms with Crippen molar-refractivity contribution in [2.24, 2.45) is 0 Å². The first-order valence-electron chi connectivity index (χ1n) is 6.29. The minimum absolute atomic E-state index is 0.401. The van der Waals surface area contributed by atoms with Crippen molar-refractivity contribution in [2.75, 3.05) is 6.54 Å². The second-order valence-electron chi connectivity index (χ2n) is 4.40. The summed E-state index contributed by atoms with van der Waals surface area (Å²) in [5, 5.41) is 6.35. The molecule has 0 saturated heterocycles. The van der Waals surface area contributed by atoms with Crippen molar-refractivity contribution in [3.05, 3.63) is 46.3 Å². The number of hydrogen-bond donors (Lipinski definition) is 1. The first kappa shape index (κ1) is 13.6. The normalized spacial score (nSPS) is 12.6. The zero-order chi connectivity index (χ0) is 13.0. The van der Waals surface area contributed by atoms with E-state index in [2.05, 4.69) is 43.4 Å². The van der Waals surface area contributed by atoms with Gasteiger partial charge >= 0.3 is 0 Å². The third-order valence-corrected chi connectivity index (χ3v) is 4.38. The summed E-state index contributed by atoms with van der Waals surface area (Å²) in [6, 6.07) is 11.0. The van der Waals surface area contributed by atoms with Crippen molar-refractivity contribution in [1.82, 2.24) is 5.32 Å². The lowest BCUT2D eigenvalue weighted by molar-refractivity contribution is 0.571. The summed E-state index contributed by atoms with van der Waals surface area (Å²) in [4.78, 5) is 1.15. The van der Waals surface area contributed by atoms with Gasteiger partial charge in [0, 0.05) is 6.04 Å². The van der Waals surface area contributed by atoms with Gasteiger partial charge in [-0.1, -0.05) is 42.8 Å². The molecule has 0 bridgehead atoms. The highest BCUT2D eigenvalue weighted by atomic mass is 35.5. The quantitative estimate of drug-likeness (QED) is 0.800. The van der Waals surface area contributed by atoms with Crippen LogP contribution >= 0.6 is 22.9 Å². The van der Waals surface area contributed by atoms with E-state index in [-0.39, 0.29) is 0 Å². The Morgan fingerprint density at radius 1 is 1.22 bits per heavy atom. The van der Waals surface area contributed by atoms with Crippen molar-refractivity contribution in [3.63, 3.8) is 0 Å². The van der Waals surface area contributed by atoms with E-state index >= 15 is 0 Å². The zero-order valence-corrected chi connectivity index (χ0v) is 12.3. The van der Waals surface area contributed by atoms with E-state index in [1.54, 1.807) is 11.3 Å². The van der Waals surface area contributed by atoms with Gasteiger partial charge < -0.3 is 5.32 Å². The lowest BCUT2D eigenvalue weighted by atomic mass is 10.1. The predicted octanol–water partition coefficient (Wildman–Crippen LogP) is 5.13. The fraction of sp³-hybridized carbons (Fsp3) is 0.333. The van der Waals surface area contributed by atoms with Crippen LogP contribution in [0.2, 0.25) is 5.02 Å². The molecule has 0 saturated carbocycles. The molecule has 1 N–H and O–H groups in total. The van der Waals surface area contributed by atoms with E-state index in [0.717, 1.165) is 22.9 Å². The highest BCUT2D eigenvalue weighted by Gasteiger charge is 2.07. The minimum Gasteiger partial charge on any atom is -0.310 e. The number of thiophene rings is 1. The Hall–Kier alpha value is -0.830. The predicted molar refractivity (Wildman–Crippen MR) is 81.5 cm³/mol. The molecule has 0 radical (unpaired) electrons. The molecule has 0 aliphatic rings. The summed E-state index contributed by atoms with van der Waals surface area (Å²) in [5.74, 6) is 0. The monoisotopic (exact) mass is 279 g/mol. The van der Waals surface area contributed by atoms with Crippen LogP contribution in [0, 0.1) is 0 Å². The molecule has 18 heavy (non-hydrogen) atoms. The van der Waals surface area contributed by atoms with Crippen LogP contribution in [0.1, 0.15) is 31.9 Å². The van der Waals surface area contributed by atoms with Gasteiger partial charge in [0.05, 0.1) is 9.90 Å². The first-order valence-corrected chi connectivity index (χ1v) is 7.55. The van der Waals surface area contributed by atoms with Crippen LogP contribution in [0.3, 0.4) is 0 Å². The second kappa shape index (κ2) is 6.37. The Kier molecular flexibility index (Phi) is 4.81. The molecule has 3 heteroatoms. The minimum atomic E-state index is 0.401. The van der Waals surface area contributed by atoms with E-state index in [1.807, 2.05) is 11.4 Å². The summed E-state index contributed by atoms with van der Waals surface area (Å²) in [5.41, 5.74) is 2.52. The van der Waals surface area contributed by atoms with Crippen molar-refractivity contribution in [1.29, 1.82) is 0 Å². The molecule has 1 aromatic carbocycles. The molecule has 1 nitrogen and oxygen atoms in total. The summed E-state index contributed by atoms with van der Waals surface area (Å²) in [6.07, 6.45) is 1.16. The molecule has 1 atom stereocenters. The van der Waals surface area contributed by atoms with E-state index in [9.17, 15) is 0 Å². The van der Waals surface area contributed by atoms with Crippen LogP contribution in [-0.4, -0.2) is 6.54 Å². The smallest absolute Gasteiger partial charge is 0.0592 e. The molecule has 0 fully saturated rings. The Labute approximate surface area is 118 Å². The molecule has 1 aromatic heterocycles. The van der Waals surface area contributed by atoms with Gasteiger partial charge in [0.2, 0.25) is 0 Å². The maximum atomic E-state index is 6.14. The number of nitrogens with one attached hydrogen (secondary N) is 1. The van der Waals surface area contributed by atoms with Gasteiger partial charge in [-0.15, -0.1) is 11.3 Å². The summed E-state index contributed by atoms with van der Waals surface area (Å²) >= 11 is 7.83. The van der Waals surface area contributed by atoms with Crippen LogP contribution < -0.4 is 5.32 Å². The Bertz CT molecular complexity index is 489. The van der Waals surface area contributed by atoms with E-state index in [1.165, 1.54) is 11.1 Å². The van der Waals surface area contributed by atoms with Gasteiger partial charge in [-0.25, -0.2) is 0 Å². The van der Waals surface area contributed by atoms with Gasteiger partial charge in [0.1, 0.15) is 0 Å². The molecule has 96 valence electrons. The van der Waals surface area contributed by atoms with E-state index < -0.39 is 0 Å². The number of hydrogen-bond acceptors (Lipinski definition) is 2. The van der Waals surface area contributed by atoms with Crippen LogP contribution in [-0.2, 0) is 0 Å². The molecular weight excluding hydrogens is 262 g/mol. The van der Waals surface area contributed by atoms with E-state index in [4.69, 9.17) is 11.6 Å². The molecule has 1 heterocycles. The lowest BCUT2D eigenvalue weighted by Gasteiger charge is -2.13. The number of benzene rings is 1. The maximum absolute atomic E-state index is 6.14. The molecule has 2 aromatic rings. The second-order valence-corrected chi connectivity index (χ2v) is 5.72. The third kappa shape index (κ3) is 3.14. The van der Waals surface area contributed by atoms with Crippen LogP contribution in [0.5, 0.6) is 0 Å². The lowest BCUT2D eigenvalue weighted by Crippen LogP contribution is -2.19. The summed E-state index contributed by atoms with van der Waals surface area (Å²) in [7, 11) is 0. The highest BCUT2D eigenvalue weighted by Crippen LogP contribution is 2.33. The maximum Gasteiger partial charge on any atom is 0.0592 e. The average Bonchev–Trinajstić information content (AvgIpc) is 2.82. The summed E-state index contributed by atoms with van der Waals surface area (Å²) in [6.45, 7) is 5.43. The Morgan fingerprint density at radius 2 is 1.94 bits per heavy atom. The van der Waals surface area contributed by atoms with Crippen LogP contribution in [0.15, 0.2) is 35.7 Å². The molecule has 0 aliphatic carbocycles.